The van der Waals surface area contributed by atoms with Gasteiger partial charge < -0.3 is 10.0 Å². The molecule has 0 amide bonds. The molecule has 6 heteroatoms. The first kappa shape index (κ1) is 27.7. The standard InChI is InChI=1S/C37H31N3O3/c1-37(2)33-15-9-10-16-34(33)38(26-28-25-32(40(42)43)22-23-35(28)41)36(37)24-19-27-17-20-31(21-18-27)39(29-11-5-3-6-12-29)30-13-7-4-8-14-30/h3-25H,26H2,1-2H3. The zero-order valence-electron chi connectivity index (χ0n) is 24.1. The predicted molar refractivity (Wildman–Crippen MR) is 171 cm³/mol. The fourth-order valence-electron chi connectivity index (χ4n) is 5.80. The van der Waals surface area contributed by atoms with Crippen molar-refractivity contribution in [2.45, 2.75) is 25.8 Å². The van der Waals surface area contributed by atoms with Crippen LogP contribution in [0.2, 0.25) is 0 Å². The van der Waals surface area contributed by atoms with E-state index in [1.165, 1.54) is 18.2 Å². The maximum absolute atomic E-state index is 12.8. The second-order valence-corrected chi connectivity index (χ2v) is 11.1. The van der Waals surface area contributed by atoms with Crippen LogP contribution in [0.3, 0.4) is 0 Å². The van der Waals surface area contributed by atoms with E-state index < -0.39 is 4.92 Å². The molecular formula is C37H31N3O3. The van der Waals surface area contributed by atoms with Crippen molar-refractivity contribution in [3.8, 4) is 5.75 Å². The molecule has 0 radical (unpaired) electrons. The van der Waals surface area contributed by atoms with E-state index in [1.54, 1.807) is 0 Å². The molecule has 0 fully saturated rings. The molecule has 0 bridgehead atoms. The molecule has 0 aliphatic carbocycles. The Morgan fingerprint density at radius 3 is 1.95 bits per heavy atom. The van der Waals surface area contributed by atoms with Crippen LogP contribution in [0.25, 0.3) is 6.08 Å². The zero-order valence-corrected chi connectivity index (χ0v) is 24.1. The van der Waals surface area contributed by atoms with Gasteiger partial charge >= 0.3 is 0 Å². The van der Waals surface area contributed by atoms with Gasteiger partial charge in [0, 0.05) is 52.5 Å². The molecule has 1 aliphatic rings. The monoisotopic (exact) mass is 565 g/mol. The average Bonchev–Trinajstić information content (AvgIpc) is 3.24. The highest BCUT2D eigenvalue weighted by molar-refractivity contribution is 6.05. The molecule has 6 nitrogen and oxygen atoms in total. The van der Waals surface area contributed by atoms with Crippen LogP contribution in [0.15, 0.2) is 133 Å². The third kappa shape index (κ3) is 5.43. The molecule has 5 aromatic rings. The van der Waals surface area contributed by atoms with Crippen molar-refractivity contribution < 1.29 is 14.6 Å². The van der Waals surface area contributed by atoms with Gasteiger partial charge in [0.1, 0.15) is 0 Å². The number of nitrogens with zero attached hydrogens (tertiary/aromatic N) is 3. The Morgan fingerprint density at radius 2 is 1.33 bits per heavy atom. The molecule has 0 saturated heterocycles. The van der Waals surface area contributed by atoms with Crippen molar-refractivity contribution in [2.75, 3.05) is 4.90 Å². The van der Waals surface area contributed by atoms with Gasteiger partial charge in [-0.25, -0.2) is 0 Å². The maximum atomic E-state index is 12.8. The number of allylic oxidation sites excluding steroid dienone is 1. The van der Waals surface area contributed by atoms with Crippen LogP contribution < -0.4 is 10.0 Å². The molecule has 0 saturated carbocycles. The van der Waals surface area contributed by atoms with Crippen molar-refractivity contribution in [2.24, 2.45) is 0 Å². The van der Waals surface area contributed by atoms with E-state index >= 15 is 0 Å². The number of hydrogen-bond acceptors (Lipinski definition) is 4. The molecule has 212 valence electrons. The third-order valence-corrected chi connectivity index (χ3v) is 8.00. The summed E-state index contributed by atoms with van der Waals surface area (Å²) in [6.07, 6.45) is 4.18. The fraction of sp³-hybridized carbons (Fsp3) is 0.108. The number of nitro benzene ring substituents is 1. The first-order valence-corrected chi connectivity index (χ1v) is 14.2. The van der Waals surface area contributed by atoms with Crippen LogP contribution in [0, 0.1) is 10.1 Å². The summed E-state index contributed by atoms with van der Waals surface area (Å²) in [4.78, 5) is 13.2. The number of rotatable bonds is 8. The van der Waals surface area contributed by atoms with Gasteiger partial charge in [-0.05, 0) is 61.9 Å². The first-order chi connectivity index (χ1) is 20.8. The Kier molecular flexibility index (Phi) is 7.34. The Labute approximate surface area is 251 Å². The summed E-state index contributed by atoms with van der Waals surface area (Å²) >= 11 is 0. The number of benzene rings is 5. The van der Waals surface area contributed by atoms with Gasteiger partial charge in [-0.2, -0.15) is 4.58 Å². The van der Waals surface area contributed by atoms with Crippen LogP contribution in [0.5, 0.6) is 5.75 Å². The molecule has 5 aromatic carbocycles. The Morgan fingerprint density at radius 1 is 0.744 bits per heavy atom. The summed E-state index contributed by atoms with van der Waals surface area (Å²) in [6.45, 7) is 4.57. The normalized spacial score (nSPS) is 13.7. The summed E-state index contributed by atoms with van der Waals surface area (Å²) in [5.41, 5.74) is 7.35. The summed E-state index contributed by atoms with van der Waals surface area (Å²) in [5, 5.41) is 24.2. The fourth-order valence-corrected chi connectivity index (χ4v) is 5.80. The Hall–Kier alpha value is -5.49. The van der Waals surface area contributed by atoms with Gasteiger partial charge in [-0.3, -0.25) is 10.1 Å². The molecule has 0 spiro atoms. The SMILES string of the molecule is CC1(C)C(/C=C/c2ccc(N(c3ccccc3)c3ccccc3)cc2)=[N+](Cc2cc([N+](=O)[O-])ccc2[O-])c2ccccc21. The van der Waals surface area contributed by atoms with Crippen LogP contribution >= 0.6 is 0 Å². The van der Waals surface area contributed by atoms with E-state index in [9.17, 15) is 15.2 Å². The van der Waals surface area contributed by atoms with Gasteiger partial charge in [-0.1, -0.05) is 78.5 Å². The lowest BCUT2D eigenvalue weighted by atomic mass is 9.81. The second-order valence-electron chi connectivity index (χ2n) is 11.1. The minimum Gasteiger partial charge on any atom is -0.872 e. The molecule has 1 heterocycles. The quantitative estimate of drug-likeness (QED) is 0.108. The molecule has 0 aromatic heterocycles. The van der Waals surface area contributed by atoms with Gasteiger partial charge in [0.25, 0.3) is 5.69 Å². The Bertz CT molecular complexity index is 1800. The summed E-state index contributed by atoms with van der Waals surface area (Å²) in [6, 6.07) is 41.1. The second kappa shape index (κ2) is 11.4. The summed E-state index contributed by atoms with van der Waals surface area (Å²) in [7, 11) is 0. The first-order valence-electron chi connectivity index (χ1n) is 14.2. The molecule has 43 heavy (non-hydrogen) atoms. The topological polar surface area (TPSA) is 72.5 Å². The molecule has 0 unspecified atom stereocenters. The number of para-hydroxylation sites is 3. The Balaban J connectivity index is 1.37. The average molecular weight is 566 g/mol. The molecular weight excluding hydrogens is 534 g/mol. The van der Waals surface area contributed by atoms with Crippen molar-refractivity contribution in [1.29, 1.82) is 0 Å². The largest absolute Gasteiger partial charge is 0.872 e. The van der Waals surface area contributed by atoms with Gasteiger partial charge in [0.15, 0.2) is 12.3 Å². The number of nitro groups is 1. The van der Waals surface area contributed by atoms with E-state index in [0.29, 0.717) is 5.56 Å². The van der Waals surface area contributed by atoms with E-state index in [1.807, 2.05) is 54.6 Å². The van der Waals surface area contributed by atoms with Crippen LogP contribution in [-0.4, -0.2) is 15.2 Å². The number of anilines is 3. The van der Waals surface area contributed by atoms with Crippen LogP contribution in [0.1, 0.15) is 30.5 Å². The highest BCUT2D eigenvalue weighted by Gasteiger charge is 2.44. The van der Waals surface area contributed by atoms with E-state index in [-0.39, 0.29) is 23.4 Å². The molecule has 0 atom stereocenters. The lowest BCUT2D eigenvalue weighted by Crippen LogP contribution is -2.27. The highest BCUT2D eigenvalue weighted by atomic mass is 16.6. The van der Waals surface area contributed by atoms with E-state index in [2.05, 4.69) is 90.1 Å². The minimum atomic E-state index is -0.463. The van der Waals surface area contributed by atoms with Crippen molar-refractivity contribution in [1.82, 2.24) is 0 Å². The van der Waals surface area contributed by atoms with Crippen LogP contribution in [-0.2, 0) is 12.0 Å². The predicted octanol–water partition coefficient (Wildman–Crippen LogP) is 8.43. The lowest BCUT2D eigenvalue weighted by molar-refractivity contribution is -0.456. The van der Waals surface area contributed by atoms with Gasteiger partial charge in [-0.15, -0.1) is 0 Å². The van der Waals surface area contributed by atoms with Crippen molar-refractivity contribution in [3.05, 3.63) is 160 Å². The molecule has 6 rings (SSSR count). The maximum Gasteiger partial charge on any atom is 0.269 e. The van der Waals surface area contributed by atoms with Crippen molar-refractivity contribution >= 4 is 40.2 Å². The lowest BCUT2D eigenvalue weighted by Gasteiger charge is -2.25. The third-order valence-electron chi connectivity index (χ3n) is 8.00. The molecule has 1 aliphatic heterocycles. The highest BCUT2D eigenvalue weighted by Crippen LogP contribution is 2.41. The number of fused-ring (bicyclic) bond motifs is 1. The minimum absolute atomic E-state index is 0.0847. The van der Waals surface area contributed by atoms with Gasteiger partial charge in [0.05, 0.1) is 10.3 Å². The summed E-state index contributed by atoms with van der Waals surface area (Å²) in [5.74, 6) is -0.215. The van der Waals surface area contributed by atoms with E-state index in [4.69, 9.17) is 0 Å². The number of hydrogen-bond donors (Lipinski definition) is 0. The number of non-ortho nitro benzene ring substituents is 1. The van der Waals surface area contributed by atoms with Crippen LogP contribution in [0.4, 0.5) is 28.4 Å². The zero-order chi connectivity index (χ0) is 30.0. The smallest absolute Gasteiger partial charge is 0.269 e. The molecule has 0 N–H and O–H groups in total. The van der Waals surface area contributed by atoms with E-state index in [0.717, 1.165) is 39.6 Å². The van der Waals surface area contributed by atoms with Crippen molar-refractivity contribution in [3.63, 3.8) is 0 Å². The summed E-state index contributed by atoms with van der Waals surface area (Å²) < 4.78 is 2.10. The van der Waals surface area contributed by atoms with Gasteiger partial charge in [0.2, 0.25) is 5.69 Å².